The molecule has 3 nitrogen and oxygen atoms in total. The molecule has 2 heterocycles. The van der Waals surface area contributed by atoms with Gasteiger partial charge in [0.25, 0.3) is 0 Å². The van der Waals surface area contributed by atoms with Gasteiger partial charge in [0.2, 0.25) is 0 Å². The highest BCUT2D eigenvalue weighted by molar-refractivity contribution is 7.12. The van der Waals surface area contributed by atoms with E-state index >= 15 is 0 Å². The smallest absolute Gasteiger partial charge is 0.173 e. The Kier molecular flexibility index (Phi) is 3.19. The van der Waals surface area contributed by atoms with Crippen LogP contribution in [0, 0.1) is 6.92 Å². The van der Waals surface area contributed by atoms with E-state index in [-0.39, 0.29) is 5.78 Å². The van der Waals surface area contributed by atoms with Gasteiger partial charge in [0.1, 0.15) is 0 Å². The number of aryl methyl sites for hydroxylation is 3. The number of rotatable bonds is 4. The number of thiophene rings is 1. The van der Waals surface area contributed by atoms with Gasteiger partial charge >= 0.3 is 0 Å². The van der Waals surface area contributed by atoms with Crippen molar-refractivity contribution in [3.8, 4) is 0 Å². The van der Waals surface area contributed by atoms with Crippen LogP contribution in [0.2, 0.25) is 0 Å². The Balaban J connectivity index is 1.99. The highest BCUT2D eigenvalue weighted by atomic mass is 32.1. The van der Waals surface area contributed by atoms with E-state index in [1.165, 1.54) is 11.3 Å². The van der Waals surface area contributed by atoms with Crippen LogP contribution in [0.1, 0.15) is 27.3 Å². The van der Waals surface area contributed by atoms with E-state index in [1.54, 1.807) is 6.20 Å². The van der Waals surface area contributed by atoms with E-state index in [2.05, 4.69) is 5.10 Å². The van der Waals surface area contributed by atoms with E-state index in [9.17, 15) is 4.79 Å². The molecule has 16 heavy (non-hydrogen) atoms. The maximum Gasteiger partial charge on any atom is 0.173 e. The summed E-state index contributed by atoms with van der Waals surface area (Å²) in [6.07, 6.45) is 3.07. The first kappa shape index (κ1) is 11.1. The van der Waals surface area contributed by atoms with Crippen LogP contribution < -0.4 is 0 Å². The van der Waals surface area contributed by atoms with Gasteiger partial charge in [-0.15, -0.1) is 11.3 Å². The lowest BCUT2D eigenvalue weighted by atomic mass is 10.1. The molecule has 2 aromatic rings. The number of carbonyl (C=O) groups excluding carboxylic acids is 1. The van der Waals surface area contributed by atoms with Crippen LogP contribution in [0.5, 0.6) is 0 Å². The molecule has 0 spiro atoms. The Bertz CT molecular complexity index is 499. The second kappa shape index (κ2) is 4.61. The Labute approximate surface area is 98.7 Å². The van der Waals surface area contributed by atoms with Crippen LogP contribution in [-0.4, -0.2) is 15.6 Å². The molecule has 0 amide bonds. The van der Waals surface area contributed by atoms with Gasteiger partial charge in [-0.05, 0) is 36.4 Å². The molecule has 0 atom stereocenters. The van der Waals surface area contributed by atoms with Crippen molar-refractivity contribution in [1.29, 1.82) is 0 Å². The van der Waals surface area contributed by atoms with E-state index in [0.29, 0.717) is 6.42 Å². The summed E-state index contributed by atoms with van der Waals surface area (Å²) >= 11 is 1.53. The highest BCUT2D eigenvalue weighted by Gasteiger charge is 2.11. The summed E-state index contributed by atoms with van der Waals surface area (Å²) in [4.78, 5) is 12.8. The number of hydrogen-bond acceptors (Lipinski definition) is 3. The summed E-state index contributed by atoms with van der Waals surface area (Å²) in [5, 5.41) is 6.05. The van der Waals surface area contributed by atoms with Gasteiger partial charge in [-0.25, -0.2) is 0 Å². The monoisotopic (exact) mass is 234 g/mol. The fourth-order valence-corrected chi connectivity index (χ4v) is 2.56. The third kappa shape index (κ3) is 2.22. The molecule has 0 aliphatic carbocycles. The van der Waals surface area contributed by atoms with Crippen molar-refractivity contribution in [3.63, 3.8) is 0 Å². The molecule has 0 aromatic carbocycles. The quantitative estimate of drug-likeness (QED) is 0.762. The topological polar surface area (TPSA) is 34.9 Å². The van der Waals surface area contributed by atoms with E-state index in [0.717, 1.165) is 22.6 Å². The molecule has 0 fully saturated rings. The Morgan fingerprint density at radius 3 is 2.88 bits per heavy atom. The lowest BCUT2D eigenvalue weighted by molar-refractivity contribution is 0.0985. The van der Waals surface area contributed by atoms with Crippen molar-refractivity contribution in [2.45, 2.75) is 19.8 Å². The van der Waals surface area contributed by atoms with Gasteiger partial charge in [0.05, 0.1) is 4.88 Å². The molecule has 4 heteroatoms. The van der Waals surface area contributed by atoms with E-state index in [4.69, 9.17) is 0 Å². The molecule has 0 saturated carbocycles. The fourth-order valence-electron chi connectivity index (χ4n) is 1.66. The summed E-state index contributed by atoms with van der Waals surface area (Å²) in [5.74, 6) is 0.230. The normalized spacial score (nSPS) is 10.6. The molecule has 2 rings (SSSR count). The predicted octanol–water partition coefficient (Wildman–Crippen LogP) is 2.61. The SMILES string of the molecule is Cc1ccsc1C(=O)CCc1ccnn1C. The van der Waals surface area contributed by atoms with Gasteiger partial charge in [-0.1, -0.05) is 0 Å². The van der Waals surface area contributed by atoms with Crippen LogP contribution in [-0.2, 0) is 13.5 Å². The van der Waals surface area contributed by atoms with E-state index < -0.39 is 0 Å². The van der Waals surface area contributed by atoms with Crippen LogP contribution in [0.3, 0.4) is 0 Å². The molecule has 0 saturated heterocycles. The average Bonchev–Trinajstić information content (AvgIpc) is 2.84. The standard InChI is InChI=1S/C12H14N2OS/c1-9-6-8-16-12(9)11(15)4-3-10-5-7-13-14(10)2/h5-8H,3-4H2,1-2H3. The molecule has 0 unspecified atom stereocenters. The summed E-state index contributed by atoms with van der Waals surface area (Å²) in [6.45, 7) is 1.98. The Hall–Kier alpha value is -1.42. The number of aromatic nitrogens is 2. The van der Waals surface area contributed by atoms with Crippen LogP contribution in [0.25, 0.3) is 0 Å². The number of Topliss-reactive ketones (excluding diaryl/α,β-unsaturated/α-hetero) is 1. The van der Waals surface area contributed by atoms with Crippen molar-refractivity contribution in [2.75, 3.05) is 0 Å². The van der Waals surface area contributed by atoms with Crippen molar-refractivity contribution >= 4 is 17.1 Å². The predicted molar refractivity (Wildman–Crippen MR) is 64.9 cm³/mol. The van der Waals surface area contributed by atoms with Crippen molar-refractivity contribution < 1.29 is 4.79 Å². The Morgan fingerprint density at radius 2 is 2.31 bits per heavy atom. The molecule has 0 aliphatic heterocycles. The van der Waals surface area contributed by atoms with Crippen LogP contribution >= 0.6 is 11.3 Å². The van der Waals surface area contributed by atoms with Crippen molar-refractivity contribution in [2.24, 2.45) is 7.05 Å². The molecule has 0 N–H and O–H groups in total. The third-order valence-corrected chi connectivity index (χ3v) is 3.70. The third-order valence-electron chi connectivity index (χ3n) is 2.65. The zero-order chi connectivity index (χ0) is 11.5. The molecule has 0 aliphatic rings. The van der Waals surface area contributed by atoms with Gasteiger partial charge in [0, 0.05) is 25.4 Å². The zero-order valence-corrected chi connectivity index (χ0v) is 10.3. The molecule has 2 aromatic heterocycles. The summed E-state index contributed by atoms with van der Waals surface area (Å²) in [5.41, 5.74) is 2.18. The number of nitrogens with zero attached hydrogens (tertiary/aromatic N) is 2. The maximum absolute atomic E-state index is 11.9. The first-order chi connectivity index (χ1) is 7.68. The van der Waals surface area contributed by atoms with E-state index in [1.807, 2.05) is 36.2 Å². The van der Waals surface area contributed by atoms with Gasteiger partial charge in [0.15, 0.2) is 5.78 Å². The summed E-state index contributed by atoms with van der Waals surface area (Å²) in [6, 6.07) is 3.94. The largest absolute Gasteiger partial charge is 0.293 e. The molecular weight excluding hydrogens is 220 g/mol. The van der Waals surface area contributed by atoms with Gasteiger partial charge in [-0.2, -0.15) is 5.10 Å². The molecule has 0 radical (unpaired) electrons. The lowest BCUT2D eigenvalue weighted by Crippen LogP contribution is -2.04. The molecule has 0 bridgehead atoms. The number of ketones is 1. The second-order valence-corrected chi connectivity index (χ2v) is 4.72. The Morgan fingerprint density at radius 1 is 1.50 bits per heavy atom. The number of hydrogen-bond donors (Lipinski definition) is 0. The average molecular weight is 234 g/mol. The first-order valence-electron chi connectivity index (χ1n) is 5.22. The zero-order valence-electron chi connectivity index (χ0n) is 9.43. The van der Waals surface area contributed by atoms with Crippen molar-refractivity contribution in [1.82, 2.24) is 9.78 Å². The summed E-state index contributed by atoms with van der Waals surface area (Å²) in [7, 11) is 1.90. The second-order valence-electron chi connectivity index (χ2n) is 3.80. The fraction of sp³-hybridized carbons (Fsp3) is 0.333. The molecular formula is C12H14N2OS. The first-order valence-corrected chi connectivity index (χ1v) is 6.10. The lowest BCUT2D eigenvalue weighted by Gasteiger charge is -2.01. The minimum absolute atomic E-state index is 0.230. The summed E-state index contributed by atoms with van der Waals surface area (Å²) < 4.78 is 1.81. The van der Waals surface area contributed by atoms with Gasteiger partial charge in [-0.3, -0.25) is 9.48 Å². The maximum atomic E-state index is 11.9. The minimum atomic E-state index is 0.230. The van der Waals surface area contributed by atoms with Gasteiger partial charge < -0.3 is 0 Å². The van der Waals surface area contributed by atoms with Crippen molar-refractivity contribution in [3.05, 3.63) is 39.8 Å². The number of carbonyl (C=O) groups is 1. The molecule has 84 valence electrons. The van der Waals surface area contributed by atoms with Crippen LogP contribution in [0.4, 0.5) is 0 Å². The minimum Gasteiger partial charge on any atom is -0.293 e. The van der Waals surface area contributed by atoms with Crippen LogP contribution in [0.15, 0.2) is 23.7 Å². The highest BCUT2D eigenvalue weighted by Crippen LogP contribution is 2.18.